The second kappa shape index (κ2) is 4.30. The van der Waals surface area contributed by atoms with Crippen LogP contribution in [-0.2, 0) is 0 Å². The molecule has 1 rings (SSSR count). The van der Waals surface area contributed by atoms with Crippen molar-refractivity contribution in [3.05, 3.63) is 40.8 Å². The van der Waals surface area contributed by atoms with Crippen molar-refractivity contribution in [2.45, 2.75) is 0 Å². The first-order chi connectivity index (χ1) is 5.88. The largest absolute Gasteiger partial charge is 0.303 e. The minimum absolute atomic E-state index is 0.966. The Balaban J connectivity index is 2.95. The first-order valence-corrected chi connectivity index (χ1v) is 3.75. The highest BCUT2D eigenvalue weighted by Gasteiger charge is 2.01. The molecule has 60 valence electrons. The van der Waals surface area contributed by atoms with E-state index in [-0.39, 0.29) is 0 Å². The molecular weight excluding hydrogens is 148 g/mol. The van der Waals surface area contributed by atoms with Crippen LogP contribution in [0, 0.1) is 6.07 Å². The van der Waals surface area contributed by atoms with Gasteiger partial charge in [-0.3, -0.25) is 4.99 Å². The predicted molar refractivity (Wildman–Crippen MR) is 52.9 cm³/mol. The van der Waals surface area contributed by atoms with Gasteiger partial charge in [-0.2, -0.15) is 0 Å². The zero-order valence-corrected chi connectivity index (χ0v) is 7.28. The zero-order chi connectivity index (χ0) is 8.81. The lowest BCUT2D eigenvalue weighted by atomic mass is 10.1. The normalized spacial score (nSPS) is 21.2. The lowest BCUT2D eigenvalue weighted by Crippen LogP contribution is -1.98. The summed E-state index contributed by atoms with van der Waals surface area (Å²) in [4.78, 5) is 7.87. The van der Waals surface area contributed by atoms with Gasteiger partial charge in [0.2, 0.25) is 0 Å². The van der Waals surface area contributed by atoms with Gasteiger partial charge in [0.15, 0.2) is 0 Å². The van der Waals surface area contributed by atoms with E-state index < -0.39 is 0 Å². The quantitative estimate of drug-likeness (QED) is 0.481. The standard InChI is InChI=1S/C10H11N2/c1-11-8-7-9-5-3-4-6-10(9)12-2/h3-7H,1-2H3/q+1/b9-7-,12-10?. The van der Waals surface area contributed by atoms with Gasteiger partial charge in [-0.05, 0) is 6.08 Å². The summed E-state index contributed by atoms with van der Waals surface area (Å²) in [6, 6.07) is 2.78. The third-order valence-corrected chi connectivity index (χ3v) is 1.53. The molecule has 0 fully saturated rings. The maximum Gasteiger partial charge on any atom is 0.303 e. The Kier molecular flexibility index (Phi) is 3.04. The van der Waals surface area contributed by atoms with Crippen LogP contribution in [0.3, 0.4) is 0 Å². The van der Waals surface area contributed by atoms with Crippen molar-refractivity contribution in [3.63, 3.8) is 0 Å². The van der Waals surface area contributed by atoms with E-state index in [1.807, 2.05) is 30.4 Å². The lowest BCUT2D eigenvalue weighted by Gasteiger charge is -2.01. The van der Waals surface area contributed by atoms with E-state index in [9.17, 15) is 0 Å². The van der Waals surface area contributed by atoms with Crippen LogP contribution in [0.15, 0.2) is 40.9 Å². The second-order valence-electron chi connectivity index (χ2n) is 2.28. The Hall–Kier alpha value is -1.62. The summed E-state index contributed by atoms with van der Waals surface area (Å²) >= 11 is 0. The van der Waals surface area contributed by atoms with Crippen molar-refractivity contribution in [2.75, 3.05) is 14.1 Å². The van der Waals surface area contributed by atoms with E-state index >= 15 is 0 Å². The number of hydrogen-bond acceptors (Lipinski definition) is 1. The fraction of sp³-hybridized carbons (Fsp3) is 0.200. The van der Waals surface area contributed by atoms with E-state index in [1.165, 1.54) is 0 Å². The predicted octanol–water partition coefficient (Wildman–Crippen LogP) is 2.07. The van der Waals surface area contributed by atoms with Gasteiger partial charge < -0.3 is 0 Å². The minimum atomic E-state index is 0.966. The van der Waals surface area contributed by atoms with Gasteiger partial charge in [-0.15, -0.1) is 0 Å². The number of hydrogen-bond donors (Lipinski definition) is 0. The number of rotatable bonds is 0. The second-order valence-corrected chi connectivity index (χ2v) is 2.28. The summed E-state index contributed by atoms with van der Waals surface area (Å²) in [7, 11) is 3.47. The number of nitrogens with zero attached hydrogens (tertiary/aromatic N) is 2. The molecule has 0 aliphatic heterocycles. The fourth-order valence-corrected chi connectivity index (χ4v) is 0.947. The van der Waals surface area contributed by atoms with Gasteiger partial charge >= 0.3 is 6.07 Å². The molecule has 0 aromatic heterocycles. The van der Waals surface area contributed by atoms with Crippen molar-refractivity contribution in [1.82, 2.24) is 0 Å². The number of aliphatic imine (C=N–C) groups is 1. The van der Waals surface area contributed by atoms with Gasteiger partial charge in [-0.25, -0.2) is 0 Å². The van der Waals surface area contributed by atoms with E-state index in [2.05, 4.69) is 15.9 Å². The topological polar surface area (TPSA) is 16.7 Å². The van der Waals surface area contributed by atoms with Crippen molar-refractivity contribution < 1.29 is 0 Å². The van der Waals surface area contributed by atoms with Crippen LogP contribution in [0.1, 0.15) is 0 Å². The molecule has 0 atom stereocenters. The van der Waals surface area contributed by atoms with Crippen molar-refractivity contribution in [2.24, 2.45) is 4.99 Å². The highest BCUT2D eigenvalue weighted by Crippen LogP contribution is 2.07. The molecule has 0 amide bonds. The molecule has 1 aliphatic rings. The van der Waals surface area contributed by atoms with Crippen molar-refractivity contribution in [3.8, 4) is 6.07 Å². The molecule has 0 radical (unpaired) electrons. The van der Waals surface area contributed by atoms with Crippen LogP contribution < -0.4 is 0 Å². The third kappa shape index (κ3) is 1.93. The van der Waals surface area contributed by atoms with Crippen LogP contribution in [0.2, 0.25) is 0 Å². The zero-order valence-electron chi connectivity index (χ0n) is 7.28. The van der Waals surface area contributed by atoms with Crippen LogP contribution in [0.5, 0.6) is 0 Å². The Morgan fingerprint density at radius 2 is 2.17 bits per heavy atom. The molecule has 0 heterocycles. The third-order valence-electron chi connectivity index (χ3n) is 1.53. The minimum Gasteiger partial charge on any atom is -0.288 e. The molecule has 0 saturated heterocycles. The molecule has 0 N–H and O–H groups in total. The van der Waals surface area contributed by atoms with Crippen LogP contribution in [-0.4, -0.2) is 19.8 Å². The van der Waals surface area contributed by atoms with Crippen LogP contribution in [0.25, 0.3) is 4.85 Å². The molecule has 0 bridgehead atoms. The van der Waals surface area contributed by atoms with Gasteiger partial charge in [0.1, 0.15) is 0 Å². The highest BCUT2D eigenvalue weighted by atomic mass is 14.7. The maximum atomic E-state index is 4.11. The van der Waals surface area contributed by atoms with Crippen molar-refractivity contribution in [1.29, 1.82) is 0 Å². The smallest absolute Gasteiger partial charge is 0.288 e. The molecule has 1 aliphatic carbocycles. The summed E-state index contributed by atoms with van der Waals surface area (Å²) in [6.45, 7) is 0. The Morgan fingerprint density at radius 1 is 1.42 bits per heavy atom. The average Bonchev–Trinajstić information content (AvgIpc) is 2.15. The summed E-state index contributed by atoms with van der Waals surface area (Å²) in [5.74, 6) is 0. The van der Waals surface area contributed by atoms with Crippen LogP contribution >= 0.6 is 0 Å². The van der Waals surface area contributed by atoms with E-state index in [1.54, 1.807) is 14.1 Å². The molecule has 0 unspecified atom stereocenters. The van der Waals surface area contributed by atoms with Gasteiger partial charge in [0.25, 0.3) is 7.05 Å². The highest BCUT2D eigenvalue weighted by molar-refractivity contribution is 6.11. The van der Waals surface area contributed by atoms with E-state index in [4.69, 9.17) is 0 Å². The molecular formula is C10H11N2+. The Labute approximate surface area is 72.4 Å². The molecule has 12 heavy (non-hydrogen) atoms. The molecule has 0 saturated carbocycles. The average molecular weight is 159 g/mol. The Morgan fingerprint density at radius 3 is 2.83 bits per heavy atom. The van der Waals surface area contributed by atoms with E-state index in [0.29, 0.717) is 0 Å². The maximum absolute atomic E-state index is 4.11. The monoisotopic (exact) mass is 159 g/mol. The Bertz CT molecular complexity index is 333. The molecule has 2 nitrogen and oxygen atoms in total. The summed E-state index contributed by atoms with van der Waals surface area (Å²) in [6.07, 6.45) is 9.70. The summed E-state index contributed by atoms with van der Waals surface area (Å²) < 4.78 is 0. The fourth-order valence-electron chi connectivity index (χ4n) is 0.947. The van der Waals surface area contributed by atoms with Gasteiger partial charge in [0, 0.05) is 12.6 Å². The number of allylic oxidation sites excluding steroid dienone is 6. The molecule has 0 spiro atoms. The summed E-state index contributed by atoms with van der Waals surface area (Å²) in [5, 5.41) is 0. The molecule has 2 heteroatoms. The first kappa shape index (κ1) is 8.48. The van der Waals surface area contributed by atoms with Gasteiger partial charge in [-0.1, -0.05) is 23.1 Å². The van der Waals surface area contributed by atoms with Gasteiger partial charge in [0.05, 0.1) is 11.8 Å². The SMILES string of the molecule is CN=C1C=CC=C/C1=C/C#[N+]C. The van der Waals surface area contributed by atoms with Crippen LogP contribution in [0.4, 0.5) is 0 Å². The van der Waals surface area contributed by atoms with E-state index in [0.717, 1.165) is 11.3 Å². The molecule has 0 aromatic carbocycles. The van der Waals surface area contributed by atoms with Crippen molar-refractivity contribution >= 4 is 5.71 Å². The summed E-state index contributed by atoms with van der Waals surface area (Å²) in [5.41, 5.74) is 2.01. The lowest BCUT2D eigenvalue weighted by molar-refractivity contribution is 1.43. The molecule has 0 aromatic rings. The first-order valence-electron chi connectivity index (χ1n) is 3.75.